The summed E-state index contributed by atoms with van der Waals surface area (Å²) >= 11 is 0. The summed E-state index contributed by atoms with van der Waals surface area (Å²) in [6.45, 7) is 4.57. The van der Waals surface area contributed by atoms with Gasteiger partial charge in [-0.25, -0.2) is 0 Å². The van der Waals surface area contributed by atoms with Crippen molar-refractivity contribution in [2.75, 3.05) is 7.05 Å². The highest BCUT2D eigenvalue weighted by molar-refractivity contribution is 4.64. The molecule has 1 atom stereocenters. The highest BCUT2D eigenvalue weighted by atomic mass is 14.9. The van der Waals surface area contributed by atoms with Gasteiger partial charge >= 0.3 is 0 Å². The van der Waals surface area contributed by atoms with Gasteiger partial charge in [0.2, 0.25) is 0 Å². The molecule has 0 bridgehead atoms. The highest BCUT2D eigenvalue weighted by Crippen LogP contribution is 2.13. The molecule has 0 saturated heterocycles. The SMILES string of the molecule is CCCCCCCCCCCC(CCCC)NC. The fourth-order valence-electron chi connectivity index (χ4n) is 2.58. The first-order valence-corrected chi connectivity index (χ1v) is 8.52. The highest BCUT2D eigenvalue weighted by Gasteiger charge is 2.04. The summed E-state index contributed by atoms with van der Waals surface area (Å²) in [5.74, 6) is 0. The zero-order valence-electron chi connectivity index (χ0n) is 13.3. The minimum Gasteiger partial charge on any atom is -0.317 e. The molecule has 0 rings (SSSR count). The van der Waals surface area contributed by atoms with Gasteiger partial charge in [0.15, 0.2) is 0 Å². The molecule has 0 spiro atoms. The maximum absolute atomic E-state index is 3.46. The number of unbranched alkanes of at least 4 members (excludes halogenated alkanes) is 9. The molecule has 0 aliphatic rings. The normalized spacial score (nSPS) is 12.8. The van der Waals surface area contributed by atoms with Gasteiger partial charge in [0.25, 0.3) is 0 Å². The second-order valence-corrected chi connectivity index (χ2v) is 5.74. The zero-order valence-corrected chi connectivity index (χ0v) is 13.3. The first-order chi connectivity index (χ1) is 8.85. The molecule has 0 radical (unpaired) electrons. The fraction of sp³-hybridized carbons (Fsp3) is 1.00. The van der Waals surface area contributed by atoms with E-state index >= 15 is 0 Å². The Bertz CT molecular complexity index is 145. The standard InChI is InChI=1S/C17H37N/c1-4-6-8-9-10-11-12-13-14-16-17(18-3)15-7-5-2/h17-18H,4-16H2,1-3H3. The third-order valence-electron chi connectivity index (χ3n) is 3.97. The quantitative estimate of drug-likeness (QED) is 0.393. The van der Waals surface area contributed by atoms with Gasteiger partial charge in [0, 0.05) is 6.04 Å². The molecular formula is C17H37N. The molecule has 0 fully saturated rings. The van der Waals surface area contributed by atoms with E-state index in [-0.39, 0.29) is 0 Å². The molecule has 1 N–H and O–H groups in total. The van der Waals surface area contributed by atoms with Crippen molar-refractivity contribution in [3.8, 4) is 0 Å². The van der Waals surface area contributed by atoms with Gasteiger partial charge in [0.1, 0.15) is 0 Å². The molecule has 0 saturated carbocycles. The molecule has 0 amide bonds. The van der Waals surface area contributed by atoms with Crippen LogP contribution in [0, 0.1) is 0 Å². The van der Waals surface area contributed by atoms with Crippen LogP contribution in [-0.2, 0) is 0 Å². The van der Waals surface area contributed by atoms with Crippen molar-refractivity contribution in [3.05, 3.63) is 0 Å². The predicted octanol–water partition coefficient (Wildman–Crippen LogP) is 5.69. The first kappa shape index (κ1) is 18.0. The zero-order chi connectivity index (χ0) is 13.5. The summed E-state index contributed by atoms with van der Waals surface area (Å²) in [4.78, 5) is 0. The van der Waals surface area contributed by atoms with E-state index in [0.29, 0.717) is 0 Å². The molecule has 1 heteroatoms. The van der Waals surface area contributed by atoms with Gasteiger partial charge < -0.3 is 5.32 Å². The van der Waals surface area contributed by atoms with Crippen molar-refractivity contribution in [2.45, 2.75) is 103 Å². The van der Waals surface area contributed by atoms with Crippen molar-refractivity contribution in [1.82, 2.24) is 5.32 Å². The Hall–Kier alpha value is -0.0400. The lowest BCUT2D eigenvalue weighted by atomic mass is 10.0. The van der Waals surface area contributed by atoms with E-state index in [9.17, 15) is 0 Å². The maximum Gasteiger partial charge on any atom is 0.00640 e. The van der Waals surface area contributed by atoms with Crippen molar-refractivity contribution in [3.63, 3.8) is 0 Å². The summed E-state index contributed by atoms with van der Waals surface area (Å²) in [5, 5.41) is 3.46. The van der Waals surface area contributed by atoms with Crippen molar-refractivity contribution >= 4 is 0 Å². The van der Waals surface area contributed by atoms with Crippen LogP contribution in [-0.4, -0.2) is 13.1 Å². The second kappa shape index (κ2) is 15.0. The number of nitrogens with one attached hydrogen (secondary N) is 1. The number of hydrogen-bond donors (Lipinski definition) is 1. The van der Waals surface area contributed by atoms with Gasteiger partial charge in [-0.3, -0.25) is 0 Å². The molecule has 0 aromatic rings. The third kappa shape index (κ3) is 12.4. The van der Waals surface area contributed by atoms with Gasteiger partial charge in [-0.05, 0) is 19.9 Å². The Morgan fingerprint density at radius 2 is 1.06 bits per heavy atom. The van der Waals surface area contributed by atoms with Gasteiger partial charge in [-0.2, -0.15) is 0 Å². The first-order valence-electron chi connectivity index (χ1n) is 8.52. The van der Waals surface area contributed by atoms with Crippen LogP contribution in [0.5, 0.6) is 0 Å². The summed E-state index contributed by atoms with van der Waals surface area (Å²) in [7, 11) is 2.12. The van der Waals surface area contributed by atoms with E-state index in [1.54, 1.807) is 0 Å². The predicted molar refractivity (Wildman–Crippen MR) is 84.2 cm³/mol. The van der Waals surface area contributed by atoms with Gasteiger partial charge in [-0.15, -0.1) is 0 Å². The fourth-order valence-corrected chi connectivity index (χ4v) is 2.58. The van der Waals surface area contributed by atoms with Crippen LogP contribution in [0.2, 0.25) is 0 Å². The molecule has 0 aromatic heterocycles. The monoisotopic (exact) mass is 255 g/mol. The average molecular weight is 255 g/mol. The van der Waals surface area contributed by atoms with Crippen LogP contribution < -0.4 is 5.32 Å². The van der Waals surface area contributed by atoms with Crippen molar-refractivity contribution in [1.29, 1.82) is 0 Å². The van der Waals surface area contributed by atoms with Crippen LogP contribution >= 0.6 is 0 Å². The van der Waals surface area contributed by atoms with Crippen LogP contribution in [0.1, 0.15) is 97.3 Å². The van der Waals surface area contributed by atoms with E-state index in [1.807, 2.05) is 0 Å². The topological polar surface area (TPSA) is 12.0 Å². The Morgan fingerprint density at radius 1 is 0.611 bits per heavy atom. The summed E-state index contributed by atoms with van der Waals surface area (Å²) in [5.41, 5.74) is 0. The van der Waals surface area contributed by atoms with Crippen LogP contribution in [0.4, 0.5) is 0 Å². The van der Waals surface area contributed by atoms with E-state index in [4.69, 9.17) is 0 Å². The van der Waals surface area contributed by atoms with Gasteiger partial charge in [0.05, 0.1) is 0 Å². The number of rotatable bonds is 14. The molecule has 0 aromatic carbocycles. The molecular weight excluding hydrogens is 218 g/mol. The van der Waals surface area contributed by atoms with Crippen molar-refractivity contribution in [2.24, 2.45) is 0 Å². The van der Waals surface area contributed by atoms with E-state index in [0.717, 1.165) is 6.04 Å². The molecule has 1 unspecified atom stereocenters. The van der Waals surface area contributed by atoms with E-state index in [2.05, 4.69) is 26.2 Å². The van der Waals surface area contributed by atoms with Crippen LogP contribution in [0.3, 0.4) is 0 Å². The lowest BCUT2D eigenvalue weighted by Crippen LogP contribution is -2.24. The van der Waals surface area contributed by atoms with E-state index in [1.165, 1.54) is 83.5 Å². The largest absolute Gasteiger partial charge is 0.317 e. The lowest BCUT2D eigenvalue weighted by molar-refractivity contribution is 0.444. The molecule has 0 aliphatic heterocycles. The molecule has 0 aliphatic carbocycles. The Morgan fingerprint density at radius 3 is 1.56 bits per heavy atom. The Labute approximate surface area is 116 Å². The van der Waals surface area contributed by atoms with Gasteiger partial charge in [-0.1, -0.05) is 84.5 Å². The Kier molecular flexibility index (Phi) is 15.0. The van der Waals surface area contributed by atoms with E-state index < -0.39 is 0 Å². The van der Waals surface area contributed by atoms with Crippen molar-refractivity contribution < 1.29 is 0 Å². The average Bonchev–Trinajstić information content (AvgIpc) is 2.40. The lowest BCUT2D eigenvalue weighted by Gasteiger charge is -2.15. The second-order valence-electron chi connectivity index (χ2n) is 5.74. The Balaban J connectivity index is 3.17. The molecule has 110 valence electrons. The third-order valence-corrected chi connectivity index (χ3v) is 3.97. The van der Waals surface area contributed by atoms with Crippen LogP contribution in [0.15, 0.2) is 0 Å². The maximum atomic E-state index is 3.46. The minimum absolute atomic E-state index is 0.773. The smallest absolute Gasteiger partial charge is 0.00640 e. The molecule has 0 heterocycles. The summed E-state index contributed by atoms with van der Waals surface area (Å²) in [6, 6.07) is 0.773. The van der Waals surface area contributed by atoms with Crippen LogP contribution in [0.25, 0.3) is 0 Å². The number of hydrogen-bond acceptors (Lipinski definition) is 1. The molecule has 1 nitrogen and oxygen atoms in total. The molecule has 18 heavy (non-hydrogen) atoms. The summed E-state index contributed by atoms with van der Waals surface area (Å²) < 4.78 is 0. The minimum atomic E-state index is 0.773. The summed E-state index contributed by atoms with van der Waals surface area (Å²) in [6.07, 6.45) is 18.4.